The van der Waals surface area contributed by atoms with E-state index >= 15 is 0 Å². The largest absolute Gasteiger partial charge is 0.343 e. The van der Waals surface area contributed by atoms with Crippen molar-refractivity contribution in [3.05, 3.63) is 11.7 Å². The number of nitrogens with zero attached hydrogens (tertiary/aromatic N) is 4. The van der Waals surface area contributed by atoms with E-state index < -0.39 is 0 Å². The van der Waals surface area contributed by atoms with E-state index in [2.05, 4.69) is 15.0 Å². The van der Waals surface area contributed by atoms with E-state index in [1.807, 2.05) is 4.90 Å². The van der Waals surface area contributed by atoms with Crippen LogP contribution in [0.15, 0.2) is 4.52 Å². The number of aromatic nitrogens is 2. The molecule has 0 atom stereocenters. The lowest BCUT2D eigenvalue weighted by Gasteiger charge is -2.36. The molecule has 1 aromatic rings. The number of hydrogen-bond donors (Lipinski definition) is 0. The summed E-state index contributed by atoms with van der Waals surface area (Å²) in [6.45, 7) is 6.06. The van der Waals surface area contributed by atoms with Gasteiger partial charge in [-0.25, -0.2) is 0 Å². The van der Waals surface area contributed by atoms with Crippen molar-refractivity contribution in [1.29, 1.82) is 0 Å². The first-order chi connectivity index (χ1) is 10.2. The molecule has 116 valence electrons. The molecule has 2 fully saturated rings. The SMILES string of the molecule is Cc1noc(CCC(=O)N2CCC(N3CCCC3)CC2)n1. The highest BCUT2D eigenvalue weighted by atomic mass is 16.5. The van der Waals surface area contributed by atoms with Crippen LogP contribution in [0, 0.1) is 6.92 Å². The van der Waals surface area contributed by atoms with Crippen molar-refractivity contribution in [1.82, 2.24) is 19.9 Å². The third-order valence-electron chi connectivity index (χ3n) is 4.60. The Morgan fingerprint density at radius 1 is 1.24 bits per heavy atom. The second-order valence-electron chi connectivity index (χ2n) is 6.09. The fraction of sp³-hybridized carbons (Fsp3) is 0.800. The Morgan fingerprint density at radius 2 is 1.95 bits per heavy atom. The van der Waals surface area contributed by atoms with Crippen molar-refractivity contribution in [3.8, 4) is 0 Å². The van der Waals surface area contributed by atoms with Crippen molar-refractivity contribution in [3.63, 3.8) is 0 Å². The number of amides is 1. The minimum absolute atomic E-state index is 0.214. The molecule has 2 aliphatic heterocycles. The summed E-state index contributed by atoms with van der Waals surface area (Å²) in [4.78, 5) is 21.0. The van der Waals surface area contributed by atoms with Gasteiger partial charge in [0, 0.05) is 32.0 Å². The number of carbonyl (C=O) groups is 1. The average molecular weight is 292 g/mol. The third kappa shape index (κ3) is 3.61. The lowest BCUT2D eigenvalue weighted by molar-refractivity contribution is -0.132. The Bertz CT molecular complexity index is 474. The van der Waals surface area contributed by atoms with E-state index in [1.54, 1.807) is 6.92 Å². The highest BCUT2D eigenvalue weighted by Gasteiger charge is 2.28. The van der Waals surface area contributed by atoms with Crippen LogP contribution < -0.4 is 0 Å². The monoisotopic (exact) mass is 292 g/mol. The maximum Gasteiger partial charge on any atom is 0.227 e. The molecular formula is C15H24N4O2. The van der Waals surface area contributed by atoms with Crippen molar-refractivity contribution >= 4 is 5.91 Å². The summed E-state index contributed by atoms with van der Waals surface area (Å²) in [5.74, 6) is 1.41. The van der Waals surface area contributed by atoms with E-state index in [1.165, 1.54) is 25.9 Å². The van der Waals surface area contributed by atoms with Crippen LogP contribution in [0.4, 0.5) is 0 Å². The quantitative estimate of drug-likeness (QED) is 0.839. The van der Waals surface area contributed by atoms with Gasteiger partial charge >= 0.3 is 0 Å². The number of rotatable bonds is 4. The zero-order chi connectivity index (χ0) is 14.7. The molecule has 0 spiro atoms. The first kappa shape index (κ1) is 14.5. The Balaban J connectivity index is 1.42. The van der Waals surface area contributed by atoms with Gasteiger partial charge in [-0.05, 0) is 45.7 Å². The number of piperidine rings is 1. The molecule has 2 aliphatic rings. The summed E-state index contributed by atoms with van der Waals surface area (Å²) in [5.41, 5.74) is 0. The van der Waals surface area contributed by atoms with Crippen molar-refractivity contribution in [2.75, 3.05) is 26.2 Å². The van der Waals surface area contributed by atoms with Crippen LogP contribution in [0.5, 0.6) is 0 Å². The summed E-state index contributed by atoms with van der Waals surface area (Å²) < 4.78 is 5.05. The van der Waals surface area contributed by atoms with Gasteiger partial charge in [0.1, 0.15) is 0 Å². The number of hydrogen-bond acceptors (Lipinski definition) is 5. The molecule has 2 saturated heterocycles. The Kier molecular flexibility index (Phi) is 4.53. The van der Waals surface area contributed by atoms with Crippen LogP contribution >= 0.6 is 0 Å². The molecule has 0 unspecified atom stereocenters. The van der Waals surface area contributed by atoms with Crippen LogP contribution in [0.1, 0.15) is 43.8 Å². The predicted octanol–water partition coefficient (Wildman–Crippen LogP) is 1.40. The van der Waals surface area contributed by atoms with Gasteiger partial charge < -0.3 is 14.3 Å². The summed E-state index contributed by atoms with van der Waals surface area (Å²) in [7, 11) is 0. The summed E-state index contributed by atoms with van der Waals surface area (Å²) >= 11 is 0. The van der Waals surface area contributed by atoms with Gasteiger partial charge in [-0.15, -0.1) is 0 Å². The van der Waals surface area contributed by atoms with Gasteiger partial charge in [-0.2, -0.15) is 4.98 Å². The molecule has 1 amide bonds. The van der Waals surface area contributed by atoms with Gasteiger partial charge in [0.25, 0.3) is 0 Å². The molecule has 6 nitrogen and oxygen atoms in total. The Labute approximate surface area is 125 Å². The van der Waals surface area contributed by atoms with Crippen molar-refractivity contribution in [2.24, 2.45) is 0 Å². The van der Waals surface area contributed by atoms with E-state index in [0.29, 0.717) is 30.6 Å². The first-order valence-corrected chi connectivity index (χ1v) is 8.03. The standard InChI is InChI=1S/C15H24N4O2/c1-12-16-14(21-17-12)4-5-15(20)19-10-6-13(7-11-19)18-8-2-3-9-18/h13H,2-11H2,1H3. The van der Waals surface area contributed by atoms with Crippen LogP contribution in [-0.2, 0) is 11.2 Å². The van der Waals surface area contributed by atoms with Crippen molar-refractivity contribution in [2.45, 2.75) is 51.5 Å². The fourth-order valence-corrected chi connectivity index (χ4v) is 3.40. The van der Waals surface area contributed by atoms with E-state index in [9.17, 15) is 4.79 Å². The molecule has 0 aliphatic carbocycles. The molecule has 21 heavy (non-hydrogen) atoms. The topological polar surface area (TPSA) is 62.5 Å². The van der Waals surface area contributed by atoms with E-state index in [-0.39, 0.29) is 5.91 Å². The Morgan fingerprint density at radius 3 is 2.57 bits per heavy atom. The van der Waals surface area contributed by atoms with Crippen LogP contribution in [-0.4, -0.2) is 58.1 Å². The lowest BCUT2D eigenvalue weighted by Crippen LogP contribution is -2.45. The van der Waals surface area contributed by atoms with E-state index in [0.717, 1.165) is 25.9 Å². The van der Waals surface area contributed by atoms with Crippen LogP contribution in [0.25, 0.3) is 0 Å². The maximum absolute atomic E-state index is 12.2. The zero-order valence-corrected chi connectivity index (χ0v) is 12.8. The van der Waals surface area contributed by atoms with E-state index in [4.69, 9.17) is 4.52 Å². The van der Waals surface area contributed by atoms with Gasteiger partial charge in [0.15, 0.2) is 5.82 Å². The molecule has 1 aromatic heterocycles. The van der Waals surface area contributed by atoms with Gasteiger partial charge in [0.2, 0.25) is 11.8 Å². The molecule has 0 bridgehead atoms. The molecule has 3 rings (SSSR count). The zero-order valence-electron chi connectivity index (χ0n) is 12.8. The minimum Gasteiger partial charge on any atom is -0.343 e. The number of likely N-dealkylation sites (tertiary alicyclic amines) is 2. The second-order valence-corrected chi connectivity index (χ2v) is 6.09. The fourth-order valence-electron chi connectivity index (χ4n) is 3.40. The van der Waals surface area contributed by atoms with Gasteiger partial charge in [-0.1, -0.05) is 5.16 Å². The maximum atomic E-state index is 12.2. The molecule has 0 saturated carbocycles. The average Bonchev–Trinajstić information content (AvgIpc) is 3.16. The third-order valence-corrected chi connectivity index (χ3v) is 4.60. The molecule has 0 radical (unpaired) electrons. The molecular weight excluding hydrogens is 268 g/mol. The number of aryl methyl sites for hydroxylation is 2. The minimum atomic E-state index is 0.214. The Hall–Kier alpha value is -1.43. The van der Waals surface area contributed by atoms with Gasteiger partial charge in [0.05, 0.1) is 0 Å². The van der Waals surface area contributed by atoms with Crippen molar-refractivity contribution < 1.29 is 9.32 Å². The first-order valence-electron chi connectivity index (χ1n) is 8.03. The smallest absolute Gasteiger partial charge is 0.227 e. The molecule has 0 aromatic carbocycles. The predicted molar refractivity (Wildman–Crippen MR) is 77.8 cm³/mol. The summed E-state index contributed by atoms with van der Waals surface area (Å²) in [6.07, 6.45) is 5.92. The highest BCUT2D eigenvalue weighted by molar-refractivity contribution is 5.76. The number of carbonyl (C=O) groups excluding carboxylic acids is 1. The van der Waals surface area contributed by atoms with Crippen LogP contribution in [0.2, 0.25) is 0 Å². The summed E-state index contributed by atoms with van der Waals surface area (Å²) in [5, 5.41) is 3.74. The van der Waals surface area contributed by atoms with Crippen LogP contribution in [0.3, 0.4) is 0 Å². The molecule has 3 heterocycles. The summed E-state index contributed by atoms with van der Waals surface area (Å²) in [6, 6.07) is 0.690. The normalized spacial score (nSPS) is 21.1. The lowest BCUT2D eigenvalue weighted by atomic mass is 10.0. The highest BCUT2D eigenvalue weighted by Crippen LogP contribution is 2.21. The molecule has 0 N–H and O–H groups in total. The second kappa shape index (κ2) is 6.56. The molecule has 6 heteroatoms. The van der Waals surface area contributed by atoms with Gasteiger partial charge in [-0.3, -0.25) is 4.79 Å².